The van der Waals surface area contributed by atoms with E-state index in [1.54, 1.807) is 24.3 Å². The Kier molecular flexibility index (Phi) is 2.30. The summed E-state index contributed by atoms with van der Waals surface area (Å²) in [5, 5.41) is 10.4. The number of fused-ring (bicyclic) bond motifs is 1. The van der Waals surface area contributed by atoms with Crippen LogP contribution in [0.2, 0.25) is 0 Å². The van der Waals surface area contributed by atoms with Gasteiger partial charge in [0.1, 0.15) is 0 Å². The summed E-state index contributed by atoms with van der Waals surface area (Å²) in [5.41, 5.74) is 0.660. The normalized spacial score (nSPS) is 21.2. The summed E-state index contributed by atoms with van der Waals surface area (Å²) in [7, 11) is -3.21. The number of hydrogen-bond acceptors (Lipinski definition) is 4. The van der Waals surface area contributed by atoms with Gasteiger partial charge in [0.25, 0.3) is 0 Å². The molecule has 1 aromatic rings. The number of rotatable bonds is 0. The molecule has 14 heavy (non-hydrogen) atoms. The van der Waals surface area contributed by atoms with E-state index in [-0.39, 0.29) is 18.8 Å². The van der Waals surface area contributed by atoms with E-state index in [1.165, 1.54) is 0 Å². The Morgan fingerprint density at radius 3 is 2.79 bits per heavy atom. The molecule has 1 N–H and O–H groups in total. The molecule has 1 heterocycles. The highest BCUT2D eigenvalue weighted by Gasteiger charge is 2.23. The average Bonchev–Trinajstić information content (AvgIpc) is 2.25. The minimum atomic E-state index is -3.21. The lowest BCUT2D eigenvalue weighted by atomic mass is 10.2. The van der Waals surface area contributed by atoms with Gasteiger partial charge in [-0.05, 0) is 11.6 Å². The highest BCUT2D eigenvalue weighted by Crippen LogP contribution is 2.21. The fourth-order valence-electron chi connectivity index (χ4n) is 1.55. The molecule has 76 valence electrons. The van der Waals surface area contributed by atoms with Gasteiger partial charge in [-0.3, -0.25) is 0 Å². The third-order valence-electron chi connectivity index (χ3n) is 2.28. The molecule has 0 atom stereocenters. The van der Waals surface area contributed by atoms with E-state index in [0.29, 0.717) is 10.5 Å². The zero-order valence-electron chi connectivity index (χ0n) is 7.55. The molecule has 0 spiro atoms. The maximum Gasteiger partial charge on any atom is 0.180 e. The monoisotopic (exact) mass is 213 g/mol. The number of hydrogen-bond donors (Lipinski definition) is 1. The van der Waals surface area contributed by atoms with Gasteiger partial charge in [0.2, 0.25) is 0 Å². The molecule has 1 aromatic carbocycles. The van der Waals surface area contributed by atoms with Crippen LogP contribution in [0, 0.1) is 0 Å². The van der Waals surface area contributed by atoms with Crippen LogP contribution in [0.5, 0.6) is 0 Å². The van der Waals surface area contributed by atoms with Crippen molar-refractivity contribution in [2.45, 2.75) is 11.4 Å². The lowest BCUT2D eigenvalue weighted by molar-refractivity contribution is -0.0935. The van der Waals surface area contributed by atoms with Crippen molar-refractivity contribution in [3.63, 3.8) is 0 Å². The Bertz CT molecular complexity index is 441. The minimum Gasteiger partial charge on any atom is -0.314 e. The van der Waals surface area contributed by atoms with Crippen LogP contribution < -0.4 is 0 Å². The minimum absolute atomic E-state index is 0.0273. The third-order valence-corrected chi connectivity index (χ3v) is 4.07. The predicted octanol–water partition coefficient (Wildman–Crippen LogP) is 0.665. The van der Waals surface area contributed by atoms with Gasteiger partial charge in [0, 0.05) is 6.54 Å². The van der Waals surface area contributed by atoms with Crippen molar-refractivity contribution < 1.29 is 13.6 Å². The number of nitrogens with zero attached hydrogens (tertiary/aromatic N) is 1. The van der Waals surface area contributed by atoms with E-state index in [2.05, 4.69) is 0 Å². The summed E-state index contributed by atoms with van der Waals surface area (Å²) in [4.78, 5) is 0.344. The molecular weight excluding hydrogens is 202 g/mol. The SMILES string of the molecule is O=S1(=O)CCN(O)Cc2ccccc21. The van der Waals surface area contributed by atoms with E-state index in [9.17, 15) is 13.6 Å². The Hall–Kier alpha value is -0.910. The molecule has 5 heteroatoms. The van der Waals surface area contributed by atoms with Gasteiger partial charge in [0.15, 0.2) is 9.84 Å². The second-order valence-electron chi connectivity index (χ2n) is 3.31. The van der Waals surface area contributed by atoms with Crippen LogP contribution in [0.1, 0.15) is 5.56 Å². The van der Waals surface area contributed by atoms with Gasteiger partial charge in [-0.15, -0.1) is 0 Å². The highest BCUT2D eigenvalue weighted by molar-refractivity contribution is 7.91. The third kappa shape index (κ3) is 1.66. The van der Waals surface area contributed by atoms with Gasteiger partial charge in [-0.2, -0.15) is 5.06 Å². The van der Waals surface area contributed by atoms with Crippen LogP contribution in [0.25, 0.3) is 0 Å². The molecule has 1 aliphatic rings. The van der Waals surface area contributed by atoms with Crippen molar-refractivity contribution in [1.29, 1.82) is 0 Å². The first-order chi connectivity index (χ1) is 6.59. The van der Waals surface area contributed by atoms with E-state index in [0.717, 1.165) is 5.06 Å². The second-order valence-corrected chi connectivity index (χ2v) is 5.39. The van der Waals surface area contributed by atoms with Gasteiger partial charge in [0.05, 0.1) is 17.2 Å². The second kappa shape index (κ2) is 3.34. The summed E-state index contributed by atoms with van der Waals surface area (Å²) in [5.74, 6) is -0.0273. The number of benzene rings is 1. The Morgan fingerprint density at radius 1 is 1.29 bits per heavy atom. The smallest absolute Gasteiger partial charge is 0.180 e. The molecule has 0 aliphatic carbocycles. The van der Waals surface area contributed by atoms with Gasteiger partial charge >= 0.3 is 0 Å². The van der Waals surface area contributed by atoms with Gasteiger partial charge < -0.3 is 5.21 Å². The fourth-order valence-corrected chi connectivity index (χ4v) is 3.04. The molecule has 0 saturated carbocycles. The van der Waals surface area contributed by atoms with Crippen molar-refractivity contribution in [2.75, 3.05) is 12.3 Å². The Balaban J connectivity index is 2.58. The quantitative estimate of drug-likeness (QED) is 0.688. The van der Waals surface area contributed by atoms with Crippen molar-refractivity contribution in [3.8, 4) is 0 Å². The van der Waals surface area contributed by atoms with Crippen LogP contribution in [0.15, 0.2) is 29.2 Å². The predicted molar refractivity (Wildman–Crippen MR) is 50.7 cm³/mol. The van der Waals surface area contributed by atoms with Crippen LogP contribution in [0.3, 0.4) is 0 Å². The average molecular weight is 213 g/mol. The van der Waals surface area contributed by atoms with Crippen LogP contribution in [0.4, 0.5) is 0 Å². The molecule has 2 rings (SSSR count). The van der Waals surface area contributed by atoms with E-state index < -0.39 is 9.84 Å². The zero-order valence-corrected chi connectivity index (χ0v) is 8.37. The maximum atomic E-state index is 11.7. The molecule has 0 fully saturated rings. The fraction of sp³-hybridized carbons (Fsp3) is 0.333. The van der Waals surface area contributed by atoms with Crippen molar-refractivity contribution in [2.24, 2.45) is 0 Å². The van der Waals surface area contributed by atoms with Crippen molar-refractivity contribution >= 4 is 9.84 Å². The number of sulfone groups is 1. The van der Waals surface area contributed by atoms with Crippen molar-refractivity contribution in [1.82, 2.24) is 5.06 Å². The number of hydroxylamine groups is 2. The van der Waals surface area contributed by atoms with Crippen LogP contribution in [-0.2, 0) is 16.4 Å². The lowest BCUT2D eigenvalue weighted by Gasteiger charge is -2.09. The maximum absolute atomic E-state index is 11.7. The molecule has 0 aromatic heterocycles. The Labute approximate surface area is 82.7 Å². The topological polar surface area (TPSA) is 57.6 Å². The standard InChI is InChI=1S/C9H11NO3S/c11-10-5-6-14(12,13)9-4-2-1-3-8(9)7-10/h1-4,11H,5-7H2. The van der Waals surface area contributed by atoms with Gasteiger partial charge in [-0.25, -0.2) is 8.42 Å². The molecule has 0 amide bonds. The summed E-state index contributed by atoms with van der Waals surface area (Å²) in [6, 6.07) is 6.78. The van der Waals surface area contributed by atoms with Crippen LogP contribution in [-0.4, -0.2) is 31.0 Å². The summed E-state index contributed by atoms with van der Waals surface area (Å²) in [6.07, 6.45) is 0. The van der Waals surface area contributed by atoms with E-state index in [4.69, 9.17) is 0 Å². The molecule has 4 nitrogen and oxygen atoms in total. The van der Waals surface area contributed by atoms with E-state index >= 15 is 0 Å². The molecule has 0 bridgehead atoms. The largest absolute Gasteiger partial charge is 0.314 e. The molecule has 1 aliphatic heterocycles. The van der Waals surface area contributed by atoms with Crippen LogP contribution >= 0.6 is 0 Å². The molecule has 0 unspecified atom stereocenters. The summed E-state index contributed by atoms with van der Waals surface area (Å²) < 4.78 is 23.4. The zero-order chi connectivity index (χ0) is 10.2. The summed E-state index contributed by atoms with van der Waals surface area (Å²) in [6.45, 7) is 0.437. The molecule has 0 saturated heterocycles. The van der Waals surface area contributed by atoms with Crippen molar-refractivity contribution in [3.05, 3.63) is 29.8 Å². The lowest BCUT2D eigenvalue weighted by Crippen LogP contribution is -2.21. The highest BCUT2D eigenvalue weighted by atomic mass is 32.2. The first-order valence-corrected chi connectivity index (χ1v) is 5.99. The molecule has 0 radical (unpaired) electrons. The first kappa shape index (κ1) is 9.64. The Morgan fingerprint density at radius 2 is 2.00 bits per heavy atom. The first-order valence-electron chi connectivity index (χ1n) is 4.34. The van der Waals surface area contributed by atoms with Gasteiger partial charge in [-0.1, -0.05) is 18.2 Å². The molecular formula is C9H11NO3S. The van der Waals surface area contributed by atoms with E-state index in [1.807, 2.05) is 0 Å². The summed E-state index contributed by atoms with van der Waals surface area (Å²) >= 11 is 0.